The minimum Gasteiger partial charge on any atom is -0.395 e. The van der Waals surface area contributed by atoms with Gasteiger partial charge in [0.25, 0.3) is 0 Å². The molecule has 1 aromatic carbocycles. The maximum atomic E-state index is 12.9. The Hall–Kier alpha value is -1.93. The molecule has 8 heteroatoms. The maximum Gasteiger partial charge on any atom is 0.586 e. The first kappa shape index (κ1) is 14.0. The Morgan fingerprint density at radius 1 is 1.38 bits per heavy atom. The van der Waals surface area contributed by atoms with Gasteiger partial charge in [-0.15, -0.1) is 8.78 Å². The molecule has 1 aromatic rings. The van der Waals surface area contributed by atoms with Crippen LogP contribution in [0.3, 0.4) is 0 Å². The van der Waals surface area contributed by atoms with E-state index in [4.69, 9.17) is 10.5 Å². The topological polar surface area (TPSA) is 82.8 Å². The maximum absolute atomic E-state index is 12.9. The number of benzene rings is 1. The van der Waals surface area contributed by atoms with Gasteiger partial charge < -0.3 is 25.3 Å². The molecule has 1 fully saturated rings. The zero-order chi connectivity index (χ0) is 15.3. The number of fused-ring (bicyclic) bond motifs is 1. The molecule has 0 aromatic heterocycles. The second kappa shape index (κ2) is 4.54. The standard InChI is InChI=1S/C13H14F2N2O4/c1-12(6-19-5-10(12)16)11(18)17-7-2-3-8-9(4-7)21-13(14,15)20-8/h2-4,10H,5-6,16H2,1H3,(H,17,18). The number of alkyl halides is 2. The van der Waals surface area contributed by atoms with Gasteiger partial charge in [0, 0.05) is 17.8 Å². The van der Waals surface area contributed by atoms with Crippen molar-refractivity contribution in [1.29, 1.82) is 0 Å². The summed E-state index contributed by atoms with van der Waals surface area (Å²) in [6, 6.07) is 3.61. The highest BCUT2D eigenvalue weighted by molar-refractivity contribution is 5.96. The van der Waals surface area contributed by atoms with Crippen molar-refractivity contribution in [3.8, 4) is 11.5 Å². The van der Waals surface area contributed by atoms with Gasteiger partial charge in [0.05, 0.1) is 18.6 Å². The molecule has 2 aliphatic rings. The Morgan fingerprint density at radius 3 is 2.76 bits per heavy atom. The summed E-state index contributed by atoms with van der Waals surface area (Å²) in [5, 5.41) is 2.63. The summed E-state index contributed by atoms with van der Waals surface area (Å²) in [4.78, 5) is 12.3. The van der Waals surface area contributed by atoms with Gasteiger partial charge in [-0.1, -0.05) is 0 Å². The lowest BCUT2D eigenvalue weighted by Crippen LogP contribution is -2.47. The summed E-state index contributed by atoms with van der Waals surface area (Å²) in [5.41, 5.74) is 5.32. The van der Waals surface area contributed by atoms with E-state index in [1.165, 1.54) is 18.2 Å². The summed E-state index contributed by atoms with van der Waals surface area (Å²) in [7, 11) is 0. The van der Waals surface area contributed by atoms with Crippen molar-refractivity contribution in [3.05, 3.63) is 18.2 Å². The first-order valence-electron chi connectivity index (χ1n) is 6.35. The fourth-order valence-corrected chi connectivity index (χ4v) is 2.22. The van der Waals surface area contributed by atoms with E-state index >= 15 is 0 Å². The van der Waals surface area contributed by atoms with E-state index in [-0.39, 0.29) is 24.0 Å². The minimum absolute atomic E-state index is 0.0786. The van der Waals surface area contributed by atoms with E-state index in [2.05, 4.69) is 14.8 Å². The molecule has 6 nitrogen and oxygen atoms in total. The summed E-state index contributed by atoms with van der Waals surface area (Å²) in [6.45, 7) is 2.21. The van der Waals surface area contributed by atoms with Crippen molar-refractivity contribution in [2.24, 2.45) is 11.1 Å². The van der Waals surface area contributed by atoms with Crippen molar-refractivity contribution < 1.29 is 27.8 Å². The number of hydrogen-bond acceptors (Lipinski definition) is 5. The molecule has 2 heterocycles. The van der Waals surface area contributed by atoms with Crippen LogP contribution >= 0.6 is 0 Å². The second-order valence-corrected chi connectivity index (χ2v) is 5.32. The molecular formula is C13H14F2N2O4. The van der Waals surface area contributed by atoms with Crippen LogP contribution in [0.2, 0.25) is 0 Å². The largest absolute Gasteiger partial charge is 0.586 e. The number of halogens is 2. The summed E-state index contributed by atoms with van der Waals surface area (Å²) in [6.07, 6.45) is -3.68. The number of nitrogens with two attached hydrogens (primary N) is 1. The van der Waals surface area contributed by atoms with Crippen LogP contribution in [0.1, 0.15) is 6.92 Å². The SMILES string of the molecule is CC1(C(=O)Nc2ccc3c(c2)OC(F)(F)O3)COCC1N. The molecule has 0 bridgehead atoms. The number of anilines is 1. The average molecular weight is 300 g/mol. The summed E-state index contributed by atoms with van der Waals surface area (Å²) >= 11 is 0. The molecule has 114 valence electrons. The first-order chi connectivity index (χ1) is 9.80. The molecule has 2 unspecified atom stereocenters. The molecule has 0 spiro atoms. The van der Waals surface area contributed by atoms with Crippen molar-refractivity contribution in [2.45, 2.75) is 19.3 Å². The van der Waals surface area contributed by atoms with E-state index in [0.29, 0.717) is 12.3 Å². The number of carbonyl (C=O) groups excluding carboxylic acids is 1. The van der Waals surface area contributed by atoms with Crippen LogP contribution in [0, 0.1) is 5.41 Å². The molecule has 3 N–H and O–H groups in total. The molecule has 3 rings (SSSR count). The van der Waals surface area contributed by atoms with Gasteiger partial charge in [0.1, 0.15) is 0 Å². The van der Waals surface area contributed by atoms with Crippen LogP contribution < -0.4 is 20.5 Å². The van der Waals surface area contributed by atoms with Gasteiger partial charge in [-0.2, -0.15) is 0 Å². The van der Waals surface area contributed by atoms with Gasteiger partial charge in [-0.25, -0.2) is 0 Å². The molecule has 2 aliphatic heterocycles. The first-order valence-corrected chi connectivity index (χ1v) is 6.35. The van der Waals surface area contributed by atoms with Crippen LogP contribution in [-0.2, 0) is 9.53 Å². The lowest BCUT2D eigenvalue weighted by Gasteiger charge is -2.25. The van der Waals surface area contributed by atoms with Crippen LogP contribution in [0.4, 0.5) is 14.5 Å². The third kappa shape index (κ3) is 2.40. The Kier molecular flexibility index (Phi) is 3.03. The smallest absolute Gasteiger partial charge is 0.395 e. The molecule has 2 atom stereocenters. The Bertz CT molecular complexity index is 596. The zero-order valence-corrected chi connectivity index (χ0v) is 11.2. The highest BCUT2D eigenvalue weighted by Crippen LogP contribution is 2.42. The molecular weight excluding hydrogens is 286 g/mol. The van der Waals surface area contributed by atoms with Crippen LogP contribution in [0.5, 0.6) is 11.5 Å². The van der Waals surface area contributed by atoms with Gasteiger partial charge in [-0.05, 0) is 19.1 Å². The van der Waals surface area contributed by atoms with Crippen molar-refractivity contribution in [2.75, 3.05) is 18.5 Å². The second-order valence-electron chi connectivity index (χ2n) is 5.32. The number of ether oxygens (including phenoxy) is 3. The predicted molar refractivity (Wildman–Crippen MR) is 68.2 cm³/mol. The predicted octanol–water partition coefficient (Wildman–Crippen LogP) is 1.31. The third-order valence-corrected chi connectivity index (χ3v) is 3.70. The minimum atomic E-state index is -3.68. The van der Waals surface area contributed by atoms with Gasteiger partial charge in [0.15, 0.2) is 11.5 Å². The number of hydrogen-bond donors (Lipinski definition) is 2. The number of amides is 1. The van der Waals surface area contributed by atoms with E-state index in [1.807, 2.05) is 0 Å². The van der Waals surface area contributed by atoms with Crippen LogP contribution in [0.25, 0.3) is 0 Å². The van der Waals surface area contributed by atoms with E-state index < -0.39 is 17.8 Å². The molecule has 0 aliphatic carbocycles. The highest BCUT2D eigenvalue weighted by Gasteiger charge is 2.45. The molecule has 0 saturated carbocycles. The fraction of sp³-hybridized carbons (Fsp3) is 0.462. The summed E-state index contributed by atoms with van der Waals surface area (Å²) in [5.74, 6) is -0.543. The highest BCUT2D eigenvalue weighted by atomic mass is 19.3. The summed E-state index contributed by atoms with van der Waals surface area (Å²) < 4.78 is 39.7. The lowest BCUT2D eigenvalue weighted by molar-refractivity contribution is -0.286. The molecule has 21 heavy (non-hydrogen) atoms. The van der Waals surface area contributed by atoms with Crippen LogP contribution in [-0.4, -0.2) is 31.5 Å². The quantitative estimate of drug-likeness (QED) is 0.860. The molecule has 1 amide bonds. The van der Waals surface area contributed by atoms with Gasteiger partial charge in [-0.3, -0.25) is 4.79 Å². The Labute approximate surface area is 119 Å². The Morgan fingerprint density at radius 2 is 2.10 bits per heavy atom. The lowest BCUT2D eigenvalue weighted by atomic mass is 9.85. The number of carbonyl (C=O) groups is 1. The van der Waals surface area contributed by atoms with Crippen molar-refractivity contribution >= 4 is 11.6 Å². The Balaban J connectivity index is 1.76. The molecule has 1 saturated heterocycles. The van der Waals surface area contributed by atoms with Crippen molar-refractivity contribution in [1.82, 2.24) is 0 Å². The zero-order valence-electron chi connectivity index (χ0n) is 11.2. The van der Waals surface area contributed by atoms with E-state index in [1.54, 1.807) is 6.92 Å². The van der Waals surface area contributed by atoms with E-state index in [0.717, 1.165) is 0 Å². The van der Waals surface area contributed by atoms with Gasteiger partial charge >= 0.3 is 6.29 Å². The monoisotopic (exact) mass is 300 g/mol. The van der Waals surface area contributed by atoms with E-state index in [9.17, 15) is 13.6 Å². The normalized spacial score (nSPS) is 29.4. The fourth-order valence-electron chi connectivity index (χ4n) is 2.22. The number of nitrogens with one attached hydrogen (secondary N) is 1. The number of rotatable bonds is 2. The average Bonchev–Trinajstić information content (AvgIpc) is 2.88. The molecule has 0 radical (unpaired) electrons. The van der Waals surface area contributed by atoms with Crippen LogP contribution in [0.15, 0.2) is 18.2 Å². The van der Waals surface area contributed by atoms with Gasteiger partial charge in [0.2, 0.25) is 5.91 Å². The third-order valence-electron chi connectivity index (χ3n) is 3.70. The van der Waals surface area contributed by atoms with Crippen molar-refractivity contribution in [3.63, 3.8) is 0 Å².